The minimum absolute atomic E-state index is 0.108. The van der Waals surface area contributed by atoms with Gasteiger partial charge in [-0.15, -0.1) is 0 Å². The first-order valence-electron chi connectivity index (χ1n) is 46.1. The molecule has 0 aromatic heterocycles. The number of phosphoric ester groups is 2. The number of ether oxygens (including phenoxy) is 4. The third kappa shape index (κ3) is 82.1. The fraction of sp³-hybridized carbons (Fsp3) is 0.955. The Morgan fingerprint density at radius 1 is 0.250 bits per heavy atom. The predicted octanol–water partition coefficient (Wildman–Crippen LogP) is 27.5. The molecule has 19 heteroatoms. The summed E-state index contributed by atoms with van der Waals surface area (Å²) in [6.45, 7) is 7.40. The summed E-state index contributed by atoms with van der Waals surface area (Å²) in [6, 6.07) is 0. The van der Waals surface area contributed by atoms with E-state index in [1.54, 1.807) is 0 Å². The van der Waals surface area contributed by atoms with E-state index in [-0.39, 0.29) is 25.7 Å². The Hall–Kier alpha value is -1.94. The molecule has 0 heterocycles. The maximum Gasteiger partial charge on any atom is 0.472 e. The molecule has 0 saturated carbocycles. The number of phosphoric acid groups is 2. The van der Waals surface area contributed by atoms with Crippen molar-refractivity contribution in [3.63, 3.8) is 0 Å². The van der Waals surface area contributed by atoms with Crippen molar-refractivity contribution in [1.82, 2.24) is 0 Å². The van der Waals surface area contributed by atoms with Crippen molar-refractivity contribution in [2.24, 2.45) is 5.92 Å². The summed E-state index contributed by atoms with van der Waals surface area (Å²) in [5.41, 5.74) is 0. The van der Waals surface area contributed by atoms with Gasteiger partial charge >= 0.3 is 39.5 Å². The van der Waals surface area contributed by atoms with Gasteiger partial charge in [-0.05, 0) is 31.6 Å². The van der Waals surface area contributed by atoms with Gasteiger partial charge < -0.3 is 33.8 Å². The molecule has 0 radical (unpaired) electrons. The molecule has 0 fully saturated rings. The average molecular weight is 1580 g/mol. The summed E-state index contributed by atoms with van der Waals surface area (Å²) < 4.78 is 69.0. The molecule has 2 unspecified atom stereocenters. The molecule has 0 saturated heterocycles. The third-order valence-electron chi connectivity index (χ3n) is 21.0. The predicted molar refractivity (Wildman–Crippen MR) is 446 cm³/mol. The molecule has 0 aliphatic carbocycles. The van der Waals surface area contributed by atoms with Gasteiger partial charge in [-0.2, -0.15) is 0 Å². The monoisotopic (exact) mass is 1580 g/mol. The highest BCUT2D eigenvalue weighted by Crippen LogP contribution is 2.45. The van der Waals surface area contributed by atoms with Crippen molar-refractivity contribution < 1.29 is 80.2 Å². The van der Waals surface area contributed by atoms with Crippen LogP contribution in [0.15, 0.2) is 0 Å². The SMILES string of the molecule is CCCCCCCCCCCCCCCCCCCCCCCC(=O)O[C@H](COC(=O)CCCCCCCCCCCCCCCCCCCCC)COP(=O)(O)OC[C@@H](O)COP(=O)(O)OC[C@@H](COC(=O)CCCCCCCCCCCCCC)OC(=O)CCCCCCCCCCCCCCCC(C)C. The number of rotatable bonds is 89. The second-order valence-electron chi connectivity index (χ2n) is 32.5. The molecule has 5 atom stereocenters. The van der Waals surface area contributed by atoms with Crippen LogP contribution in [0.3, 0.4) is 0 Å². The Morgan fingerprint density at radius 3 is 0.630 bits per heavy atom. The molecule has 108 heavy (non-hydrogen) atoms. The van der Waals surface area contributed by atoms with Crippen molar-refractivity contribution in [1.29, 1.82) is 0 Å². The molecule has 0 rings (SSSR count). The van der Waals surface area contributed by atoms with E-state index in [4.69, 9.17) is 37.0 Å². The molecule has 0 bridgehead atoms. The molecule has 3 N–H and O–H groups in total. The van der Waals surface area contributed by atoms with Gasteiger partial charge in [-0.25, -0.2) is 9.13 Å². The highest BCUT2D eigenvalue weighted by Gasteiger charge is 2.30. The minimum Gasteiger partial charge on any atom is -0.462 e. The summed E-state index contributed by atoms with van der Waals surface area (Å²) >= 11 is 0. The molecule has 642 valence electrons. The molecule has 0 spiro atoms. The van der Waals surface area contributed by atoms with Gasteiger partial charge in [0.15, 0.2) is 12.2 Å². The molecular formula is C89H174O17P2. The van der Waals surface area contributed by atoms with Crippen LogP contribution in [0.25, 0.3) is 0 Å². The third-order valence-corrected chi connectivity index (χ3v) is 22.9. The first-order valence-corrected chi connectivity index (χ1v) is 49.1. The summed E-state index contributed by atoms with van der Waals surface area (Å²) in [4.78, 5) is 73.4. The molecule has 0 aromatic carbocycles. The molecule has 17 nitrogen and oxygen atoms in total. The average Bonchev–Trinajstić information content (AvgIpc) is 0.900. The first kappa shape index (κ1) is 106. The van der Waals surface area contributed by atoms with Crippen LogP contribution in [-0.2, 0) is 65.4 Å². The number of aliphatic hydroxyl groups excluding tert-OH is 1. The number of unbranched alkanes of at least 4 members (excludes halogenated alkanes) is 61. The number of hydrogen-bond donors (Lipinski definition) is 3. The number of hydrogen-bond acceptors (Lipinski definition) is 15. The second kappa shape index (κ2) is 81.6. The van der Waals surface area contributed by atoms with E-state index < -0.39 is 97.5 Å². The Labute approximate surface area is 664 Å². The van der Waals surface area contributed by atoms with Crippen molar-refractivity contribution in [2.45, 2.75) is 502 Å². The molecule has 0 amide bonds. The van der Waals surface area contributed by atoms with E-state index in [1.165, 1.54) is 308 Å². The summed E-state index contributed by atoms with van der Waals surface area (Å²) in [7, 11) is -9.93. The number of aliphatic hydroxyl groups is 1. The normalized spacial score (nSPS) is 13.7. The Bertz CT molecular complexity index is 2050. The van der Waals surface area contributed by atoms with Gasteiger partial charge in [-0.3, -0.25) is 37.3 Å². The quantitative estimate of drug-likeness (QED) is 0.0222. The van der Waals surface area contributed by atoms with Crippen LogP contribution in [0, 0.1) is 5.92 Å². The summed E-state index contributed by atoms with van der Waals surface area (Å²) in [6.07, 6.45) is 76.4. The van der Waals surface area contributed by atoms with Crippen LogP contribution in [0.5, 0.6) is 0 Å². The van der Waals surface area contributed by atoms with E-state index in [1.807, 2.05) is 0 Å². The van der Waals surface area contributed by atoms with Crippen LogP contribution >= 0.6 is 15.6 Å². The zero-order valence-electron chi connectivity index (χ0n) is 71.0. The molecule has 0 aliphatic rings. The zero-order valence-corrected chi connectivity index (χ0v) is 72.8. The van der Waals surface area contributed by atoms with Gasteiger partial charge in [0.1, 0.15) is 19.3 Å². The highest BCUT2D eigenvalue weighted by atomic mass is 31.2. The van der Waals surface area contributed by atoms with E-state index in [9.17, 15) is 43.2 Å². The van der Waals surface area contributed by atoms with Gasteiger partial charge in [0, 0.05) is 25.7 Å². The Balaban J connectivity index is 5.24. The molecule has 0 aromatic rings. The van der Waals surface area contributed by atoms with Gasteiger partial charge in [-0.1, -0.05) is 433 Å². The van der Waals surface area contributed by atoms with E-state index >= 15 is 0 Å². The lowest BCUT2D eigenvalue weighted by molar-refractivity contribution is -0.161. The second-order valence-corrected chi connectivity index (χ2v) is 35.4. The van der Waals surface area contributed by atoms with E-state index in [0.717, 1.165) is 95.8 Å². The first-order chi connectivity index (χ1) is 52.5. The van der Waals surface area contributed by atoms with Crippen molar-refractivity contribution in [3.8, 4) is 0 Å². The van der Waals surface area contributed by atoms with Crippen LogP contribution in [0.2, 0.25) is 0 Å². The summed E-state index contributed by atoms with van der Waals surface area (Å²) in [5, 5.41) is 10.7. The lowest BCUT2D eigenvalue weighted by atomic mass is 10.0. The number of carbonyl (C=O) groups excluding carboxylic acids is 4. The van der Waals surface area contributed by atoms with Gasteiger partial charge in [0.2, 0.25) is 0 Å². The van der Waals surface area contributed by atoms with Crippen LogP contribution in [0.4, 0.5) is 0 Å². The van der Waals surface area contributed by atoms with Gasteiger partial charge in [0.05, 0.1) is 26.4 Å². The fourth-order valence-electron chi connectivity index (χ4n) is 14.0. The van der Waals surface area contributed by atoms with Crippen LogP contribution in [-0.4, -0.2) is 96.7 Å². The largest absolute Gasteiger partial charge is 0.472 e. The number of esters is 4. The molecular weight excluding hydrogens is 1400 g/mol. The van der Waals surface area contributed by atoms with Crippen molar-refractivity contribution >= 4 is 39.5 Å². The van der Waals surface area contributed by atoms with Crippen LogP contribution < -0.4 is 0 Å². The molecule has 0 aliphatic heterocycles. The Kier molecular flexibility index (Phi) is 80.2. The maximum atomic E-state index is 13.2. The van der Waals surface area contributed by atoms with Crippen LogP contribution in [0.1, 0.15) is 484 Å². The lowest BCUT2D eigenvalue weighted by Gasteiger charge is -2.21. The maximum absolute atomic E-state index is 13.2. The van der Waals surface area contributed by atoms with Crippen molar-refractivity contribution in [3.05, 3.63) is 0 Å². The highest BCUT2D eigenvalue weighted by molar-refractivity contribution is 7.47. The smallest absolute Gasteiger partial charge is 0.462 e. The zero-order chi connectivity index (χ0) is 79.0. The standard InChI is InChI=1S/C89H174O17P2/c1-6-9-12-15-18-21-24-27-29-31-33-34-36-38-40-44-49-54-59-64-69-74-88(93)105-85(79-100-87(92)73-68-63-58-53-48-43-39-37-35-32-30-28-25-22-19-16-13-10-7-2)81-104-108(97,98)102-77-83(90)76-101-107(95,96)103-80-84(78-99-86(91)72-67-62-57-52-47-26-23-20-17-14-11-8-3)106-89(94)75-70-65-60-55-50-45-41-42-46-51-56-61-66-71-82(4)5/h82-85,90H,6-81H2,1-5H3,(H,95,96)(H,97,98)/t83-,84+,85+/m0/s1. The lowest BCUT2D eigenvalue weighted by Crippen LogP contribution is -2.30. The fourth-order valence-corrected chi connectivity index (χ4v) is 15.6. The topological polar surface area (TPSA) is 237 Å². The number of carbonyl (C=O) groups is 4. The van der Waals surface area contributed by atoms with E-state index in [0.29, 0.717) is 25.7 Å². The van der Waals surface area contributed by atoms with Crippen molar-refractivity contribution in [2.75, 3.05) is 39.6 Å². The summed E-state index contributed by atoms with van der Waals surface area (Å²) in [5.74, 6) is -1.31. The minimum atomic E-state index is -4.97. The van der Waals surface area contributed by atoms with Gasteiger partial charge in [0.25, 0.3) is 0 Å². The Morgan fingerprint density at radius 2 is 0.426 bits per heavy atom. The van der Waals surface area contributed by atoms with E-state index in [2.05, 4.69) is 34.6 Å².